The molecule has 0 aliphatic carbocycles. The summed E-state index contributed by atoms with van der Waals surface area (Å²) in [4.78, 5) is 16.2. The number of aryl methyl sites for hydroxylation is 1. The number of rotatable bonds is 2. The normalized spacial score (nSPS) is 14.2. The average Bonchev–Trinajstić information content (AvgIpc) is 2.46. The average molecular weight is 322 g/mol. The molecule has 1 aromatic carbocycles. The maximum Gasteiger partial charge on any atom is 0.416 e. The fourth-order valence-corrected chi connectivity index (χ4v) is 2.46. The van der Waals surface area contributed by atoms with Gasteiger partial charge in [0.25, 0.3) is 0 Å². The molecule has 3 rings (SSSR count). The summed E-state index contributed by atoms with van der Waals surface area (Å²) in [6, 6.07) is 6.36. The number of alkyl halides is 3. The van der Waals surface area contributed by atoms with Crippen LogP contribution in [0.3, 0.4) is 0 Å². The number of nitrogens with one attached hydrogen (secondary N) is 1. The number of hydrogen-bond donors (Lipinski definition) is 1. The smallest absolute Gasteiger partial charge is 0.416 e. The largest absolute Gasteiger partial charge is 0.462 e. The maximum atomic E-state index is 12.6. The van der Waals surface area contributed by atoms with Crippen molar-refractivity contribution in [2.24, 2.45) is 0 Å². The summed E-state index contributed by atoms with van der Waals surface area (Å²) in [7, 11) is 0. The summed E-state index contributed by atoms with van der Waals surface area (Å²) < 4.78 is 42.8. The van der Waals surface area contributed by atoms with E-state index in [-0.39, 0.29) is 0 Å². The monoisotopic (exact) mass is 322 g/mol. The topological polar surface area (TPSA) is 51.2 Å². The Labute approximate surface area is 130 Å². The Morgan fingerprint density at radius 1 is 1.22 bits per heavy atom. The second-order valence-electron chi connectivity index (χ2n) is 5.23. The molecule has 1 aliphatic rings. The van der Waals surface area contributed by atoms with Crippen molar-refractivity contribution in [2.75, 3.05) is 11.9 Å². The number of aromatic nitrogens is 1. The molecule has 0 spiro atoms. The lowest BCUT2D eigenvalue weighted by molar-refractivity contribution is -0.137. The molecule has 120 valence electrons. The van der Waals surface area contributed by atoms with Gasteiger partial charge in [-0.2, -0.15) is 13.2 Å². The summed E-state index contributed by atoms with van der Waals surface area (Å²) in [5.74, 6) is -0.183. The Bertz CT molecular complexity index is 755. The third-order valence-corrected chi connectivity index (χ3v) is 3.51. The second kappa shape index (κ2) is 5.57. The summed E-state index contributed by atoms with van der Waals surface area (Å²) in [5, 5.41) is 2.90. The SMILES string of the molecule is Cc1cc2c(c(Nc3ccc(C(F)(F)F)cc3)n1)C(=O)OCC2. The Balaban J connectivity index is 1.94. The van der Waals surface area contributed by atoms with Crippen molar-refractivity contribution >= 4 is 17.5 Å². The first-order valence-electron chi connectivity index (χ1n) is 6.96. The van der Waals surface area contributed by atoms with Crippen LogP contribution in [0, 0.1) is 6.92 Å². The highest BCUT2D eigenvalue weighted by Crippen LogP contribution is 2.31. The molecule has 0 atom stereocenters. The van der Waals surface area contributed by atoms with Gasteiger partial charge in [0.15, 0.2) is 0 Å². The summed E-state index contributed by atoms with van der Waals surface area (Å²) in [6.07, 6.45) is -3.80. The van der Waals surface area contributed by atoms with Crippen LogP contribution in [-0.4, -0.2) is 17.6 Å². The third kappa shape index (κ3) is 3.13. The number of hydrogen-bond acceptors (Lipinski definition) is 4. The van der Waals surface area contributed by atoms with Gasteiger partial charge < -0.3 is 10.1 Å². The highest BCUT2D eigenvalue weighted by atomic mass is 19.4. The van der Waals surface area contributed by atoms with Crippen LogP contribution in [0.4, 0.5) is 24.7 Å². The van der Waals surface area contributed by atoms with E-state index in [0.717, 1.165) is 17.7 Å². The van der Waals surface area contributed by atoms with Crippen molar-refractivity contribution in [1.29, 1.82) is 0 Å². The van der Waals surface area contributed by atoms with E-state index >= 15 is 0 Å². The Morgan fingerprint density at radius 3 is 2.57 bits per heavy atom. The molecule has 0 bridgehead atoms. The highest BCUT2D eigenvalue weighted by Gasteiger charge is 2.30. The first kappa shape index (κ1) is 15.3. The molecular weight excluding hydrogens is 309 g/mol. The number of nitrogens with zero attached hydrogens (tertiary/aromatic N) is 1. The number of cyclic esters (lactones) is 1. The van der Waals surface area contributed by atoms with Crippen LogP contribution in [-0.2, 0) is 17.3 Å². The van der Waals surface area contributed by atoms with Gasteiger partial charge in [0.1, 0.15) is 11.4 Å². The Morgan fingerprint density at radius 2 is 1.91 bits per heavy atom. The molecule has 0 fully saturated rings. The lowest BCUT2D eigenvalue weighted by Crippen LogP contribution is -2.20. The van der Waals surface area contributed by atoms with Crippen LogP contribution < -0.4 is 5.32 Å². The quantitative estimate of drug-likeness (QED) is 0.853. The standard InChI is InChI=1S/C16H13F3N2O2/c1-9-8-10-6-7-23-15(22)13(10)14(20-9)21-12-4-2-11(3-5-12)16(17,18)19/h2-5,8H,6-7H2,1H3,(H,20,21). The zero-order chi connectivity index (χ0) is 16.6. The molecule has 0 saturated carbocycles. The van der Waals surface area contributed by atoms with Crippen LogP contribution in [0.25, 0.3) is 0 Å². The molecule has 7 heteroatoms. The van der Waals surface area contributed by atoms with Crippen molar-refractivity contribution in [3.63, 3.8) is 0 Å². The fraction of sp³-hybridized carbons (Fsp3) is 0.250. The first-order valence-corrected chi connectivity index (χ1v) is 6.96. The van der Waals surface area contributed by atoms with E-state index in [1.54, 1.807) is 6.92 Å². The molecule has 0 amide bonds. The van der Waals surface area contributed by atoms with E-state index in [2.05, 4.69) is 10.3 Å². The van der Waals surface area contributed by atoms with Gasteiger partial charge in [0.2, 0.25) is 0 Å². The predicted molar refractivity (Wildman–Crippen MR) is 77.7 cm³/mol. The molecule has 0 saturated heterocycles. The predicted octanol–water partition coefficient (Wildman–Crippen LogP) is 3.87. The van der Waals surface area contributed by atoms with E-state index in [9.17, 15) is 18.0 Å². The molecule has 1 aliphatic heterocycles. The van der Waals surface area contributed by atoms with Gasteiger partial charge >= 0.3 is 12.1 Å². The fourth-order valence-electron chi connectivity index (χ4n) is 2.46. The van der Waals surface area contributed by atoms with Crippen molar-refractivity contribution in [2.45, 2.75) is 19.5 Å². The third-order valence-electron chi connectivity index (χ3n) is 3.51. The lowest BCUT2D eigenvalue weighted by atomic mass is 10.0. The molecule has 1 N–H and O–H groups in total. The van der Waals surface area contributed by atoms with Crippen LogP contribution in [0.5, 0.6) is 0 Å². The molecule has 1 aromatic heterocycles. The first-order chi connectivity index (χ1) is 10.8. The molecule has 23 heavy (non-hydrogen) atoms. The van der Waals surface area contributed by atoms with Gasteiger partial charge in [-0.15, -0.1) is 0 Å². The van der Waals surface area contributed by atoms with E-state index in [1.165, 1.54) is 12.1 Å². The molecule has 0 unspecified atom stereocenters. The Hall–Kier alpha value is -2.57. The number of ether oxygens (including phenoxy) is 1. The molecule has 4 nitrogen and oxygen atoms in total. The van der Waals surface area contributed by atoms with Gasteiger partial charge in [0, 0.05) is 17.8 Å². The minimum atomic E-state index is -4.39. The van der Waals surface area contributed by atoms with Gasteiger partial charge in [0.05, 0.1) is 12.2 Å². The number of anilines is 2. The number of benzene rings is 1. The van der Waals surface area contributed by atoms with Gasteiger partial charge in [-0.3, -0.25) is 0 Å². The lowest BCUT2D eigenvalue weighted by Gasteiger charge is -2.19. The number of pyridine rings is 1. The van der Waals surface area contributed by atoms with Gasteiger partial charge in [-0.25, -0.2) is 9.78 Å². The highest BCUT2D eigenvalue weighted by molar-refractivity contribution is 5.97. The van der Waals surface area contributed by atoms with Gasteiger partial charge in [-0.1, -0.05) is 0 Å². The van der Waals surface area contributed by atoms with Crippen molar-refractivity contribution in [3.8, 4) is 0 Å². The van der Waals surface area contributed by atoms with E-state index in [0.29, 0.717) is 35.8 Å². The molecule has 0 radical (unpaired) electrons. The number of esters is 1. The van der Waals surface area contributed by atoms with Crippen molar-refractivity contribution < 1.29 is 22.7 Å². The van der Waals surface area contributed by atoms with Crippen molar-refractivity contribution in [3.05, 3.63) is 52.7 Å². The summed E-state index contributed by atoms with van der Waals surface area (Å²) in [6.45, 7) is 2.10. The van der Waals surface area contributed by atoms with E-state index in [4.69, 9.17) is 4.74 Å². The second-order valence-corrected chi connectivity index (χ2v) is 5.23. The van der Waals surface area contributed by atoms with Crippen LogP contribution in [0.1, 0.15) is 27.2 Å². The van der Waals surface area contributed by atoms with E-state index in [1.807, 2.05) is 6.07 Å². The zero-order valence-electron chi connectivity index (χ0n) is 12.2. The minimum Gasteiger partial charge on any atom is -0.462 e. The van der Waals surface area contributed by atoms with Crippen LogP contribution in [0.15, 0.2) is 30.3 Å². The zero-order valence-corrected chi connectivity index (χ0v) is 12.2. The summed E-state index contributed by atoms with van der Waals surface area (Å²) >= 11 is 0. The number of carbonyl (C=O) groups excluding carboxylic acids is 1. The number of carbonyl (C=O) groups is 1. The maximum absolute atomic E-state index is 12.6. The molecular formula is C16H13F3N2O2. The van der Waals surface area contributed by atoms with Gasteiger partial charge in [-0.05, 0) is 42.8 Å². The Kier molecular flexibility index (Phi) is 3.71. The van der Waals surface area contributed by atoms with E-state index < -0.39 is 17.7 Å². The summed E-state index contributed by atoms with van der Waals surface area (Å²) in [5.41, 5.74) is 1.55. The molecule has 2 aromatic rings. The van der Waals surface area contributed by atoms with Crippen molar-refractivity contribution in [1.82, 2.24) is 4.98 Å². The number of fused-ring (bicyclic) bond motifs is 1. The number of halogens is 3. The minimum absolute atomic E-state index is 0.296. The van der Waals surface area contributed by atoms with Crippen LogP contribution in [0.2, 0.25) is 0 Å². The van der Waals surface area contributed by atoms with Crippen LogP contribution >= 0.6 is 0 Å². The molecule has 2 heterocycles.